The first-order valence-corrected chi connectivity index (χ1v) is 11.9. The number of carbonyl (C=O) groups is 3. The monoisotopic (exact) mass is 477 g/mol. The number of piperidine rings is 1. The summed E-state index contributed by atoms with van der Waals surface area (Å²) in [7, 11) is 0. The van der Waals surface area contributed by atoms with E-state index in [1.54, 1.807) is 17.0 Å². The largest absolute Gasteiger partial charge is 0.351 e. The van der Waals surface area contributed by atoms with E-state index in [2.05, 4.69) is 35.1 Å². The summed E-state index contributed by atoms with van der Waals surface area (Å²) in [6.07, 6.45) is 4.81. The minimum atomic E-state index is -0.412. The lowest BCUT2D eigenvalue weighted by Gasteiger charge is -2.35. The Bertz CT molecular complexity index is 755. The van der Waals surface area contributed by atoms with Gasteiger partial charge in [0, 0.05) is 41.6 Å². The summed E-state index contributed by atoms with van der Waals surface area (Å²) in [6.45, 7) is 6.10. The van der Waals surface area contributed by atoms with E-state index in [-0.39, 0.29) is 29.7 Å². The second-order valence-corrected chi connectivity index (χ2v) is 9.20. The van der Waals surface area contributed by atoms with Crippen molar-refractivity contribution in [3.05, 3.63) is 34.3 Å². The molecule has 1 atom stereocenters. The minimum absolute atomic E-state index is 0.0634. The van der Waals surface area contributed by atoms with E-state index in [0.717, 1.165) is 36.6 Å². The lowest BCUT2D eigenvalue weighted by Crippen LogP contribution is -2.52. The Morgan fingerprint density at radius 2 is 1.67 bits per heavy atom. The Kier molecular flexibility index (Phi) is 7.92. The van der Waals surface area contributed by atoms with Crippen LogP contribution in [0.1, 0.15) is 62.7 Å². The first-order valence-electron chi connectivity index (χ1n) is 11.1. The van der Waals surface area contributed by atoms with Crippen molar-refractivity contribution in [1.82, 2.24) is 15.1 Å². The highest BCUT2D eigenvalue weighted by Gasteiger charge is 2.36. The number of halogens is 1. The van der Waals surface area contributed by atoms with Crippen LogP contribution < -0.4 is 5.32 Å². The van der Waals surface area contributed by atoms with Crippen molar-refractivity contribution >= 4 is 33.7 Å². The second kappa shape index (κ2) is 10.4. The fraction of sp³-hybridized carbons (Fsp3) is 0.609. The molecule has 0 aromatic heterocycles. The van der Waals surface area contributed by atoms with Crippen LogP contribution >= 0.6 is 15.9 Å². The van der Waals surface area contributed by atoms with Gasteiger partial charge in [-0.1, -0.05) is 29.8 Å². The summed E-state index contributed by atoms with van der Waals surface area (Å²) in [4.78, 5) is 42.0. The maximum atomic E-state index is 12.9. The molecule has 3 amide bonds. The SMILES string of the molecule is CCC(CC)C(=O)N1CCC(NC(=O)C2CCCN2C(=O)c2ccc(Br)cc2)CC1. The van der Waals surface area contributed by atoms with Gasteiger partial charge >= 0.3 is 0 Å². The Hall–Kier alpha value is -1.89. The van der Waals surface area contributed by atoms with Gasteiger partial charge in [0.25, 0.3) is 5.91 Å². The van der Waals surface area contributed by atoms with Gasteiger partial charge in [0.1, 0.15) is 6.04 Å². The van der Waals surface area contributed by atoms with Gasteiger partial charge in [-0.2, -0.15) is 0 Å². The third kappa shape index (κ3) is 5.23. The number of benzene rings is 1. The molecule has 3 rings (SSSR count). The van der Waals surface area contributed by atoms with E-state index in [1.807, 2.05) is 17.0 Å². The zero-order valence-electron chi connectivity index (χ0n) is 17.9. The normalized spacial score (nSPS) is 19.9. The fourth-order valence-electron chi connectivity index (χ4n) is 4.48. The first kappa shape index (κ1) is 22.8. The molecular weight excluding hydrogens is 446 g/mol. The maximum Gasteiger partial charge on any atom is 0.254 e. The van der Waals surface area contributed by atoms with Crippen LogP contribution in [0.3, 0.4) is 0 Å². The molecule has 30 heavy (non-hydrogen) atoms. The number of hydrogen-bond donors (Lipinski definition) is 1. The van der Waals surface area contributed by atoms with Gasteiger partial charge in [0.15, 0.2) is 0 Å². The van der Waals surface area contributed by atoms with Crippen molar-refractivity contribution in [3.8, 4) is 0 Å². The Morgan fingerprint density at radius 3 is 2.27 bits per heavy atom. The molecule has 1 unspecified atom stereocenters. The molecule has 0 spiro atoms. The van der Waals surface area contributed by atoms with E-state index in [1.165, 1.54) is 0 Å². The second-order valence-electron chi connectivity index (χ2n) is 8.29. The van der Waals surface area contributed by atoms with Crippen molar-refractivity contribution in [2.45, 2.75) is 64.5 Å². The maximum absolute atomic E-state index is 12.9. The van der Waals surface area contributed by atoms with Crippen LogP contribution in [0.15, 0.2) is 28.7 Å². The molecule has 2 aliphatic rings. The molecule has 1 aromatic rings. The van der Waals surface area contributed by atoms with Gasteiger partial charge in [-0.3, -0.25) is 14.4 Å². The topological polar surface area (TPSA) is 69.7 Å². The Morgan fingerprint density at radius 1 is 1.03 bits per heavy atom. The molecule has 1 N–H and O–H groups in total. The third-order valence-corrected chi connectivity index (χ3v) is 6.92. The average Bonchev–Trinajstić information content (AvgIpc) is 3.25. The van der Waals surface area contributed by atoms with Crippen molar-refractivity contribution in [2.24, 2.45) is 5.92 Å². The smallest absolute Gasteiger partial charge is 0.254 e. The Labute approximate surface area is 187 Å². The molecule has 6 nitrogen and oxygen atoms in total. The average molecular weight is 478 g/mol. The van der Waals surface area contributed by atoms with Gasteiger partial charge in [0.2, 0.25) is 11.8 Å². The number of nitrogens with zero attached hydrogens (tertiary/aromatic N) is 2. The number of likely N-dealkylation sites (tertiary alicyclic amines) is 2. The van der Waals surface area contributed by atoms with Gasteiger partial charge in [-0.05, 0) is 62.8 Å². The van der Waals surface area contributed by atoms with E-state index in [9.17, 15) is 14.4 Å². The summed E-state index contributed by atoms with van der Waals surface area (Å²) in [5, 5.41) is 3.14. The summed E-state index contributed by atoms with van der Waals surface area (Å²) in [5.41, 5.74) is 0.603. The fourth-order valence-corrected chi connectivity index (χ4v) is 4.74. The molecule has 0 saturated carbocycles. The Balaban J connectivity index is 1.54. The van der Waals surface area contributed by atoms with Crippen molar-refractivity contribution in [3.63, 3.8) is 0 Å². The quantitative estimate of drug-likeness (QED) is 0.680. The number of amides is 3. The molecule has 0 aliphatic carbocycles. The minimum Gasteiger partial charge on any atom is -0.351 e. The molecular formula is C23H32BrN3O3. The predicted octanol–water partition coefficient (Wildman–Crippen LogP) is 3.60. The molecule has 7 heteroatoms. The predicted molar refractivity (Wildman–Crippen MR) is 120 cm³/mol. The van der Waals surface area contributed by atoms with Gasteiger partial charge in [0.05, 0.1) is 0 Å². The van der Waals surface area contributed by atoms with Crippen molar-refractivity contribution in [2.75, 3.05) is 19.6 Å². The summed E-state index contributed by atoms with van der Waals surface area (Å²) in [6, 6.07) is 6.90. The van der Waals surface area contributed by atoms with Gasteiger partial charge < -0.3 is 15.1 Å². The summed E-state index contributed by atoms with van der Waals surface area (Å²) < 4.78 is 0.920. The summed E-state index contributed by atoms with van der Waals surface area (Å²) >= 11 is 3.38. The zero-order chi connectivity index (χ0) is 21.7. The van der Waals surface area contributed by atoms with Crippen LogP contribution in [0.5, 0.6) is 0 Å². The molecule has 0 radical (unpaired) electrons. The zero-order valence-corrected chi connectivity index (χ0v) is 19.5. The lowest BCUT2D eigenvalue weighted by molar-refractivity contribution is -0.137. The van der Waals surface area contributed by atoms with Crippen LogP contribution in [-0.2, 0) is 9.59 Å². The van der Waals surface area contributed by atoms with Crippen LogP contribution in [0, 0.1) is 5.92 Å². The molecule has 0 bridgehead atoms. The van der Waals surface area contributed by atoms with Crippen molar-refractivity contribution in [1.29, 1.82) is 0 Å². The van der Waals surface area contributed by atoms with E-state index in [0.29, 0.717) is 31.6 Å². The highest BCUT2D eigenvalue weighted by atomic mass is 79.9. The van der Waals surface area contributed by atoms with Gasteiger partial charge in [-0.25, -0.2) is 0 Å². The van der Waals surface area contributed by atoms with Crippen LogP contribution in [0.25, 0.3) is 0 Å². The number of nitrogens with one attached hydrogen (secondary N) is 1. The van der Waals surface area contributed by atoms with Gasteiger partial charge in [-0.15, -0.1) is 0 Å². The highest BCUT2D eigenvalue weighted by molar-refractivity contribution is 9.10. The van der Waals surface area contributed by atoms with Crippen LogP contribution in [-0.4, -0.2) is 59.2 Å². The van der Waals surface area contributed by atoms with E-state index < -0.39 is 6.04 Å². The number of hydrogen-bond acceptors (Lipinski definition) is 3. The molecule has 2 saturated heterocycles. The molecule has 2 heterocycles. The summed E-state index contributed by atoms with van der Waals surface area (Å²) in [5.74, 6) is 0.188. The molecule has 1 aromatic carbocycles. The molecule has 164 valence electrons. The lowest BCUT2D eigenvalue weighted by atomic mass is 9.98. The van der Waals surface area contributed by atoms with Crippen LogP contribution in [0.4, 0.5) is 0 Å². The third-order valence-electron chi connectivity index (χ3n) is 6.40. The van der Waals surface area contributed by atoms with E-state index >= 15 is 0 Å². The van der Waals surface area contributed by atoms with Crippen molar-refractivity contribution < 1.29 is 14.4 Å². The van der Waals surface area contributed by atoms with E-state index in [4.69, 9.17) is 0 Å². The van der Waals surface area contributed by atoms with Crippen LogP contribution in [0.2, 0.25) is 0 Å². The number of carbonyl (C=O) groups excluding carboxylic acids is 3. The molecule has 2 aliphatic heterocycles. The highest BCUT2D eigenvalue weighted by Crippen LogP contribution is 2.23. The standard InChI is InChI=1S/C23H32BrN3O3/c1-3-16(4-2)22(29)26-14-11-19(12-15-26)25-21(28)20-6-5-13-27(20)23(30)17-7-9-18(24)10-8-17/h7-10,16,19-20H,3-6,11-15H2,1-2H3,(H,25,28). The first-order chi connectivity index (χ1) is 14.4. The number of rotatable bonds is 6. The molecule has 2 fully saturated rings.